The summed E-state index contributed by atoms with van der Waals surface area (Å²) in [6.07, 6.45) is 0. The van der Waals surface area contributed by atoms with Gasteiger partial charge in [0.1, 0.15) is 22.3 Å². The van der Waals surface area contributed by atoms with Crippen LogP contribution in [0.3, 0.4) is 0 Å². The molecule has 4 rings (SSSR count). The maximum absolute atomic E-state index is 14.2. The van der Waals surface area contributed by atoms with Gasteiger partial charge in [-0.15, -0.1) is 0 Å². The van der Waals surface area contributed by atoms with E-state index in [-0.39, 0.29) is 10.5 Å². The largest absolute Gasteiger partial charge is 0.457 e. The number of halogens is 4. The molecule has 4 aromatic rings. The molecule has 0 fully saturated rings. The van der Waals surface area contributed by atoms with Crippen LogP contribution in [-0.4, -0.2) is 4.98 Å². The van der Waals surface area contributed by atoms with Gasteiger partial charge in [-0.25, -0.2) is 22.5 Å². The van der Waals surface area contributed by atoms with Crippen molar-refractivity contribution >= 4 is 17.6 Å². The first-order valence-electron chi connectivity index (χ1n) is 9.95. The molecule has 3 nitrogen and oxygen atoms in total. The second-order valence-corrected chi connectivity index (χ2v) is 8.12. The summed E-state index contributed by atoms with van der Waals surface area (Å²) in [7, 11) is 0. The fraction of sp³-hybridized carbons (Fsp3) is 0.0800. The van der Waals surface area contributed by atoms with Crippen LogP contribution < -0.4 is 10.1 Å². The average Bonchev–Trinajstić information content (AvgIpc) is 2.84. The van der Waals surface area contributed by atoms with Gasteiger partial charge in [0.25, 0.3) is 0 Å². The molecule has 1 aromatic heterocycles. The van der Waals surface area contributed by atoms with Gasteiger partial charge in [-0.1, -0.05) is 48.2 Å². The molecule has 0 saturated heterocycles. The van der Waals surface area contributed by atoms with Gasteiger partial charge in [-0.05, 0) is 48.9 Å². The molecular weight excluding hydrogens is 452 g/mol. The highest BCUT2D eigenvalue weighted by molar-refractivity contribution is 7.99. The number of ether oxygens (including phenoxy) is 1. The van der Waals surface area contributed by atoms with Crippen LogP contribution in [0.1, 0.15) is 11.1 Å². The number of anilines is 1. The minimum Gasteiger partial charge on any atom is -0.457 e. The lowest BCUT2D eigenvalue weighted by atomic mass is 10.2. The highest BCUT2D eigenvalue weighted by Crippen LogP contribution is 2.35. The number of nitrogens with zero attached hydrogens (tertiary/aromatic N) is 1. The van der Waals surface area contributed by atoms with Crippen LogP contribution in [0.2, 0.25) is 0 Å². The number of hydrogen-bond acceptors (Lipinski definition) is 4. The maximum Gasteiger partial charge on any atom is 0.198 e. The lowest BCUT2D eigenvalue weighted by Crippen LogP contribution is -2.03. The van der Waals surface area contributed by atoms with Crippen molar-refractivity contribution in [3.63, 3.8) is 0 Å². The second-order valence-electron chi connectivity index (χ2n) is 7.09. The average molecular weight is 470 g/mol. The summed E-state index contributed by atoms with van der Waals surface area (Å²) < 4.78 is 60.9. The third-order valence-corrected chi connectivity index (χ3v) is 5.85. The Bertz CT molecular complexity index is 1260. The zero-order chi connectivity index (χ0) is 23.4. The highest BCUT2D eigenvalue weighted by atomic mass is 32.2. The van der Waals surface area contributed by atoms with Crippen molar-refractivity contribution in [2.24, 2.45) is 0 Å². The Morgan fingerprint density at radius 2 is 1.48 bits per heavy atom. The van der Waals surface area contributed by atoms with Gasteiger partial charge in [0.05, 0.1) is 4.90 Å². The third-order valence-electron chi connectivity index (χ3n) is 4.73. The Morgan fingerprint density at radius 1 is 0.788 bits per heavy atom. The third kappa shape index (κ3) is 5.28. The minimum absolute atomic E-state index is 0.300. The molecule has 0 unspecified atom stereocenters. The molecule has 168 valence electrons. The van der Waals surface area contributed by atoms with E-state index in [1.165, 1.54) is 6.92 Å². The zero-order valence-corrected chi connectivity index (χ0v) is 18.2. The van der Waals surface area contributed by atoms with Gasteiger partial charge in [0, 0.05) is 12.1 Å². The van der Waals surface area contributed by atoms with E-state index in [1.807, 2.05) is 54.6 Å². The van der Waals surface area contributed by atoms with Crippen LogP contribution >= 0.6 is 11.8 Å². The highest BCUT2D eigenvalue weighted by Gasteiger charge is 2.24. The Kier molecular flexibility index (Phi) is 6.84. The molecule has 0 aliphatic heterocycles. The Labute approximate surface area is 192 Å². The number of pyridine rings is 1. The van der Waals surface area contributed by atoms with Crippen LogP contribution in [0.5, 0.6) is 11.5 Å². The lowest BCUT2D eigenvalue weighted by Gasteiger charge is -2.11. The molecule has 33 heavy (non-hydrogen) atoms. The summed E-state index contributed by atoms with van der Waals surface area (Å²) in [5, 5.41) is 3.46. The van der Waals surface area contributed by atoms with Crippen molar-refractivity contribution in [3.8, 4) is 11.5 Å². The number of rotatable bonds is 7. The quantitative estimate of drug-likeness (QED) is 0.172. The van der Waals surface area contributed by atoms with E-state index in [4.69, 9.17) is 4.74 Å². The smallest absolute Gasteiger partial charge is 0.198 e. The van der Waals surface area contributed by atoms with Crippen molar-refractivity contribution in [2.45, 2.75) is 23.4 Å². The number of hydrogen-bond donors (Lipinski definition) is 1. The molecule has 0 atom stereocenters. The number of benzene rings is 3. The van der Waals surface area contributed by atoms with Crippen molar-refractivity contribution in [1.82, 2.24) is 4.98 Å². The molecule has 1 heterocycles. The zero-order valence-electron chi connectivity index (χ0n) is 17.4. The van der Waals surface area contributed by atoms with E-state index in [0.29, 0.717) is 23.1 Å². The first-order valence-corrected chi connectivity index (χ1v) is 10.8. The van der Waals surface area contributed by atoms with Gasteiger partial charge in [0.15, 0.2) is 23.3 Å². The lowest BCUT2D eigenvalue weighted by molar-refractivity contribution is 0.394. The molecule has 0 radical (unpaired) electrons. The van der Waals surface area contributed by atoms with Crippen LogP contribution in [0.4, 0.5) is 23.4 Å². The Morgan fingerprint density at radius 3 is 2.27 bits per heavy atom. The molecule has 8 heteroatoms. The van der Waals surface area contributed by atoms with Crippen LogP contribution in [0.15, 0.2) is 82.7 Å². The number of para-hydroxylation sites is 1. The molecule has 0 aliphatic carbocycles. The van der Waals surface area contributed by atoms with Gasteiger partial charge in [-0.2, -0.15) is 0 Å². The Balaban J connectivity index is 1.46. The molecule has 0 aliphatic rings. The summed E-state index contributed by atoms with van der Waals surface area (Å²) in [6.45, 7) is 1.62. The number of nitrogens with one attached hydrogen (secondary N) is 1. The molecule has 0 amide bonds. The van der Waals surface area contributed by atoms with E-state index in [9.17, 15) is 17.6 Å². The van der Waals surface area contributed by atoms with Gasteiger partial charge >= 0.3 is 0 Å². The maximum atomic E-state index is 14.2. The van der Waals surface area contributed by atoms with Crippen molar-refractivity contribution < 1.29 is 22.3 Å². The molecule has 3 aromatic carbocycles. The van der Waals surface area contributed by atoms with Crippen LogP contribution in [-0.2, 0) is 6.54 Å². The van der Waals surface area contributed by atoms with E-state index >= 15 is 0 Å². The summed E-state index contributed by atoms with van der Waals surface area (Å²) in [6, 6.07) is 21.9. The van der Waals surface area contributed by atoms with E-state index in [1.54, 1.807) is 18.2 Å². The predicted molar refractivity (Wildman–Crippen MR) is 120 cm³/mol. The van der Waals surface area contributed by atoms with Gasteiger partial charge in [-0.3, -0.25) is 0 Å². The summed E-state index contributed by atoms with van der Waals surface area (Å²) in [5.74, 6) is -4.62. The Hall–Kier alpha value is -3.52. The predicted octanol–water partition coefficient (Wildman–Crippen LogP) is 7.50. The van der Waals surface area contributed by atoms with Gasteiger partial charge in [0.2, 0.25) is 0 Å². The van der Waals surface area contributed by atoms with Gasteiger partial charge < -0.3 is 10.1 Å². The fourth-order valence-electron chi connectivity index (χ4n) is 3.05. The topological polar surface area (TPSA) is 34.1 Å². The molecule has 1 N–H and O–H groups in total. The van der Waals surface area contributed by atoms with Crippen molar-refractivity contribution in [2.75, 3.05) is 5.32 Å². The summed E-state index contributed by atoms with van der Waals surface area (Å²) >= 11 is 0.725. The summed E-state index contributed by atoms with van der Waals surface area (Å²) in [4.78, 5) is 4.01. The van der Waals surface area contributed by atoms with Crippen LogP contribution in [0, 0.1) is 30.2 Å². The molecule has 0 spiro atoms. The SMILES string of the molecule is Cc1c(F)c(F)c(F)c(F)c1Sc1cccc(NCc2cccc(Oc3ccccc3)c2)n1. The van der Waals surface area contributed by atoms with Crippen LogP contribution in [0.25, 0.3) is 0 Å². The normalized spacial score (nSPS) is 10.8. The first-order chi connectivity index (χ1) is 15.9. The van der Waals surface area contributed by atoms with E-state index in [2.05, 4.69) is 10.3 Å². The molecular formula is C25H18F4N2OS. The number of aromatic nitrogens is 1. The first kappa shape index (κ1) is 22.7. The fourth-order valence-corrected chi connectivity index (χ4v) is 3.98. The summed E-state index contributed by atoms with van der Waals surface area (Å²) in [5.41, 5.74) is 0.625. The standard InChI is InChI=1S/C25H18F4N2OS/c1-15-21(26)22(27)23(28)24(29)25(15)33-20-12-6-11-19(31-20)30-14-16-7-5-10-18(13-16)32-17-8-3-2-4-9-17/h2-13H,14H2,1H3,(H,30,31). The second kappa shape index (κ2) is 9.95. The van der Waals surface area contributed by atoms with Crippen molar-refractivity contribution in [1.29, 1.82) is 0 Å². The molecule has 0 bridgehead atoms. The van der Waals surface area contributed by atoms with Crippen molar-refractivity contribution in [3.05, 3.63) is 107 Å². The van der Waals surface area contributed by atoms with E-state index < -0.39 is 23.3 Å². The van der Waals surface area contributed by atoms with E-state index in [0.717, 1.165) is 23.1 Å². The monoisotopic (exact) mass is 470 g/mol. The minimum atomic E-state index is -1.84. The molecule has 0 saturated carbocycles.